The van der Waals surface area contributed by atoms with E-state index in [4.69, 9.17) is 21.6 Å². The minimum absolute atomic E-state index is 0.208. The van der Waals surface area contributed by atoms with Gasteiger partial charge in [0.2, 0.25) is 0 Å². The van der Waals surface area contributed by atoms with Crippen molar-refractivity contribution >= 4 is 17.6 Å². The number of esters is 1. The quantitative estimate of drug-likeness (QED) is 0.440. The van der Waals surface area contributed by atoms with E-state index in [1.165, 1.54) is 0 Å². The minimum atomic E-state index is -0.312. The number of carbonyl (C=O) groups excluding carboxylic acids is 1. The van der Waals surface area contributed by atoms with Gasteiger partial charge in [0, 0.05) is 6.42 Å². The Morgan fingerprint density at radius 3 is 3.09 bits per heavy atom. The highest BCUT2D eigenvalue weighted by molar-refractivity contribution is 6.18. The Hall–Kier alpha value is -0.750. The van der Waals surface area contributed by atoms with Gasteiger partial charge in [0.25, 0.3) is 0 Å². The van der Waals surface area contributed by atoms with Crippen LogP contribution in [0.15, 0.2) is 0 Å². The van der Waals surface area contributed by atoms with Crippen LogP contribution in [0.3, 0.4) is 0 Å². The Labute approximate surface area is 69.9 Å². The van der Waals surface area contributed by atoms with E-state index in [1.54, 1.807) is 0 Å². The Morgan fingerprint density at radius 1 is 1.82 bits per heavy atom. The lowest BCUT2D eigenvalue weighted by Gasteiger charge is -2.23. The fraction of sp³-hybridized carbons (Fsp3) is 0.714. The molecule has 0 aliphatic carbocycles. The Bertz CT molecular complexity index is 199. The van der Waals surface area contributed by atoms with Crippen molar-refractivity contribution in [1.82, 2.24) is 0 Å². The van der Waals surface area contributed by atoms with Crippen LogP contribution in [0.5, 0.6) is 0 Å². The molecule has 0 spiro atoms. The van der Waals surface area contributed by atoms with Crippen molar-refractivity contribution in [1.29, 1.82) is 5.26 Å². The van der Waals surface area contributed by atoms with Crippen LogP contribution in [0.1, 0.15) is 12.8 Å². The number of nitriles is 1. The van der Waals surface area contributed by atoms with Gasteiger partial charge < -0.3 is 4.74 Å². The van der Waals surface area contributed by atoms with Gasteiger partial charge in [-0.15, -0.1) is 11.6 Å². The zero-order valence-corrected chi connectivity index (χ0v) is 6.67. The van der Waals surface area contributed by atoms with Crippen LogP contribution >= 0.6 is 11.6 Å². The number of alkyl halides is 1. The highest BCUT2D eigenvalue weighted by Gasteiger charge is 2.27. The fourth-order valence-corrected chi connectivity index (χ4v) is 1.27. The van der Waals surface area contributed by atoms with Crippen molar-refractivity contribution in [3.63, 3.8) is 0 Å². The molecule has 0 aromatic rings. The van der Waals surface area contributed by atoms with E-state index in [-0.39, 0.29) is 30.3 Å². The van der Waals surface area contributed by atoms with E-state index in [2.05, 4.69) is 0 Å². The van der Waals surface area contributed by atoms with Crippen LogP contribution in [0, 0.1) is 17.2 Å². The zero-order valence-electron chi connectivity index (χ0n) is 5.92. The summed E-state index contributed by atoms with van der Waals surface area (Å²) in [6.45, 7) is 0. The van der Waals surface area contributed by atoms with E-state index in [9.17, 15) is 4.79 Å². The molecule has 0 unspecified atom stereocenters. The minimum Gasteiger partial charge on any atom is -0.461 e. The Kier molecular flexibility index (Phi) is 2.72. The molecule has 1 fully saturated rings. The van der Waals surface area contributed by atoms with Crippen LogP contribution in [0.2, 0.25) is 0 Å². The van der Waals surface area contributed by atoms with E-state index in [0.29, 0.717) is 6.42 Å². The third kappa shape index (κ3) is 2.09. The van der Waals surface area contributed by atoms with Crippen molar-refractivity contribution in [2.24, 2.45) is 5.92 Å². The third-order valence-electron chi connectivity index (χ3n) is 1.61. The maximum Gasteiger partial charge on any atom is 0.307 e. The predicted octanol–water partition coefficient (Wildman–Crippen LogP) is 1.07. The maximum absolute atomic E-state index is 10.8. The van der Waals surface area contributed by atoms with Crippen molar-refractivity contribution in [2.75, 3.05) is 5.88 Å². The van der Waals surface area contributed by atoms with Gasteiger partial charge in [0.05, 0.1) is 24.3 Å². The van der Waals surface area contributed by atoms with Gasteiger partial charge in [-0.1, -0.05) is 0 Å². The van der Waals surface area contributed by atoms with E-state index < -0.39 is 0 Å². The molecule has 0 N–H and O–H groups in total. The summed E-state index contributed by atoms with van der Waals surface area (Å²) < 4.78 is 4.85. The summed E-state index contributed by atoms with van der Waals surface area (Å²) in [4.78, 5) is 10.8. The van der Waals surface area contributed by atoms with Crippen LogP contribution in [0.4, 0.5) is 0 Å². The number of rotatable bonds is 1. The average molecular weight is 174 g/mol. The number of halogens is 1. The number of carbonyl (C=O) groups is 1. The topological polar surface area (TPSA) is 50.1 Å². The predicted molar refractivity (Wildman–Crippen MR) is 38.9 cm³/mol. The summed E-state index contributed by atoms with van der Waals surface area (Å²) in [5.41, 5.74) is 0. The van der Waals surface area contributed by atoms with Crippen molar-refractivity contribution < 1.29 is 9.53 Å². The first-order valence-electron chi connectivity index (χ1n) is 3.41. The molecule has 3 nitrogen and oxygen atoms in total. The van der Waals surface area contributed by atoms with Crippen LogP contribution in [-0.4, -0.2) is 18.0 Å². The van der Waals surface area contributed by atoms with Crippen LogP contribution < -0.4 is 0 Å². The molecular weight excluding hydrogens is 166 g/mol. The molecule has 11 heavy (non-hydrogen) atoms. The Morgan fingerprint density at radius 2 is 2.55 bits per heavy atom. The molecule has 0 aromatic carbocycles. The summed E-state index contributed by atoms with van der Waals surface area (Å²) >= 11 is 5.48. The monoisotopic (exact) mass is 173 g/mol. The molecule has 60 valence electrons. The van der Waals surface area contributed by atoms with Gasteiger partial charge in [-0.25, -0.2) is 0 Å². The standard InChI is InChI=1S/C7H8ClNO2/c8-3-6-1-5(4-9)2-7(10)11-6/h5-6H,1-3H2/t5-,6+/m1/s1. The van der Waals surface area contributed by atoms with Crippen LogP contribution in [0.25, 0.3) is 0 Å². The number of ether oxygens (including phenoxy) is 1. The summed E-state index contributed by atoms with van der Waals surface area (Å²) in [5, 5.41) is 8.52. The molecule has 1 aliphatic heterocycles. The molecule has 4 heteroatoms. The number of nitrogens with zero attached hydrogens (tertiary/aromatic N) is 1. The van der Waals surface area contributed by atoms with Crippen molar-refractivity contribution in [3.05, 3.63) is 0 Å². The smallest absolute Gasteiger partial charge is 0.307 e. The highest BCUT2D eigenvalue weighted by Crippen LogP contribution is 2.20. The first-order chi connectivity index (χ1) is 5.26. The van der Waals surface area contributed by atoms with Crippen molar-refractivity contribution in [3.8, 4) is 6.07 Å². The fourth-order valence-electron chi connectivity index (χ4n) is 1.08. The summed E-state index contributed by atoms with van der Waals surface area (Å²) in [6.07, 6.45) is 0.526. The molecular formula is C7H8ClNO2. The van der Waals surface area contributed by atoms with Gasteiger partial charge in [-0.2, -0.15) is 5.26 Å². The number of cyclic esters (lactones) is 1. The molecule has 1 aliphatic rings. The number of hydrogen-bond acceptors (Lipinski definition) is 3. The van der Waals surface area contributed by atoms with Crippen molar-refractivity contribution in [2.45, 2.75) is 18.9 Å². The van der Waals surface area contributed by atoms with Gasteiger partial charge in [0.1, 0.15) is 6.10 Å². The second-order valence-electron chi connectivity index (χ2n) is 2.53. The molecule has 0 bridgehead atoms. The molecule has 0 aromatic heterocycles. The molecule has 1 rings (SSSR count). The second-order valence-corrected chi connectivity index (χ2v) is 2.84. The molecule has 1 heterocycles. The average Bonchev–Trinajstić information content (AvgIpc) is 2.03. The number of hydrogen-bond donors (Lipinski definition) is 0. The lowest BCUT2D eigenvalue weighted by Crippen LogP contribution is -2.29. The summed E-state index contributed by atoms with van der Waals surface area (Å²) in [7, 11) is 0. The molecule has 1 saturated heterocycles. The SMILES string of the molecule is N#C[C@H]1CC(=O)O[C@H](CCl)C1. The van der Waals surface area contributed by atoms with Gasteiger partial charge in [-0.05, 0) is 0 Å². The largest absolute Gasteiger partial charge is 0.461 e. The molecule has 0 saturated carbocycles. The third-order valence-corrected chi connectivity index (χ3v) is 1.96. The summed E-state index contributed by atoms with van der Waals surface area (Å²) in [6, 6.07) is 2.04. The maximum atomic E-state index is 10.8. The van der Waals surface area contributed by atoms with E-state index >= 15 is 0 Å². The second kappa shape index (κ2) is 3.59. The normalized spacial score (nSPS) is 30.7. The lowest BCUT2D eigenvalue weighted by atomic mass is 9.98. The van der Waals surface area contributed by atoms with E-state index in [1.807, 2.05) is 6.07 Å². The summed E-state index contributed by atoms with van der Waals surface area (Å²) in [5.74, 6) is -0.238. The van der Waals surface area contributed by atoms with Crippen LogP contribution in [-0.2, 0) is 9.53 Å². The first-order valence-corrected chi connectivity index (χ1v) is 3.94. The Balaban J connectivity index is 2.52. The van der Waals surface area contributed by atoms with Gasteiger partial charge >= 0.3 is 5.97 Å². The highest BCUT2D eigenvalue weighted by atomic mass is 35.5. The van der Waals surface area contributed by atoms with E-state index in [0.717, 1.165) is 0 Å². The lowest BCUT2D eigenvalue weighted by molar-refractivity contribution is -0.153. The first kappa shape index (κ1) is 8.35. The zero-order chi connectivity index (χ0) is 8.27. The molecule has 2 atom stereocenters. The van der Waals surface area contributed by atoms with Gasteiger partial charge in [-0.3, -0.25) is 4.79 Å². The molecule has 0 amide bonds. The molecule has 0 radical (unpaired) electrons. The van der Waals surface area contributed by atoms with Gasteiger partial charge in [0.15, 0.2) is 0 Å².